The lowest BCUT2D eigenvalue weighted by molar-refractivity contribution is -0.143. The first-order chi connectivity index (χ1) is 17.8. The Bertz CT molecular complexity index is 1280. The van der Waals surface area contributed by atoms with E-state index in [0.717, 1.165) is 12.4 Å². The molecule has 196 valence electrons. The molecule has 0 radical (unpaired) electrons. The maximum atomic E-state index is 13.4. The number of esters is 1. The van der Waals surface area contributed by atoms with Crippen LogP contribution >= 0.6 is 11.6 Å². The van der Waals surface area contributed by atoms with E-state index in [0.29, 0.717) is 66.3 Å². The van der Waals surface area contributed by atoms with E-state index in [4.69, 9.17) is 21.4 Å². The molecule has 37 heavy (non-hydrogen) atoms. The molecular formula is C28H34ClN5O3. The van der Waals surface area contributed by atoms with Crippen molar-refractivity contribution in [2.24, 2.45) is 23.7 Å². The number of carbonyl (C=O) groups excluding carboxylic acids is 2. The fourth-order valence-corrected chi connectivity index (χ4v) is 5.87. The number of ether oxygens (including phenoxy) is 1. The summed E-state index contributed by atoms with van der Waals surface area (Å²) in [7, 11) is 0. The summed E-state index contributed by atoms with van der Waals surface area (Å²) in [5.74, 6) is 1.98. The van der Waals surface area contributed by atoms with Crippen molar-refractivity contribution in [3.8, 4) is 0 Å². The highest BCUT2D eigenvalue weighted by Gasteiger charge is 2.57. The lowest BCUT2D eigenvalue weighted by atomic mass is 10.1. The average molecular weight is 524 g/mol. The van der Waals surface area contributed by atoms with E-state index < -0.39 is 0 Å². The van der Waals surface area contributed by atoms with Crippen LogP contribution in [0.3, 0.4) is 0 Å². The van der Waals surface area contributed by atoms with Gasteiger partial charge in [0.05, 0.1) is 12.6 Å². The van der Waals surface area contributed by atoms with E-state index in [9.17, 15) is 9.59 Å². The van der Waals surface area contributed by atoms with Crippen LogP contribution in [0.1, 0.15) is 56.2 Å². The molecule has 2 aromatic heterocycles. The highest BCUT2D eigenvalue weighted by atomic mass is 35.5. The van der Waals surface area contributed by atoms with Gasteiger partial charge in [0.2, 0.25) is 0 Å². The van der Waals surface area contributed by atoms with E-state index in [1.807, 2.05) is 36.1 Å². The Hall–Kier alpha value is -3.13. The van der Waals surface area contributed by atoms with Crippen molar-refractivity contribution in [2.75, 3.05) is 31.1 Å². The Kier molecular flexibility index (Phi) is 7.12. The number of likely N-dealkylation sites (tertiary alicyclic amines) is 1. The second-order valence-corrected chi connectivity index (χ2v) is 11.0. The predicted molar refractivity (Wildman–Crippen MR) is 143 cm³/mol. The molecule has 0 N–H and O–H groups in total. The van der Waals surface area contributed by atoms with Gasteiger partial charge in [-0.1, -0.05) is 55.8 Å². The van der Waals surface area contributed by atoms with Crippen LogP contribution in [0.25, 0.3) is 5.65 Å². The number of amides is 1. The van der Waals surface area contributed by atoms with Gasteiger partial charge in [-0.2, -0.15) is 9.61 Å². The fourth-order valence-electron chi connectivity index (χ4n) is 5.69. The molecule has 8 nitrogen and oxygen atoms in total. The lowest BCUT2D eigenvalue weighted by Crippen LogP contribution is -2.33. The summed E-state index contributed by atoms with van der Waals surface area (Å²) >= 11 is 6.46. The molecule has 0 bridgehead atoms. The Balaban J connectivity index is 1.39. The number of hydrogen-bond acceptors (Lipinski definition) is 6. The van der Waals surface area contributed by atoms with Crippen LogP contribution < -0.4 is 4.90 Å². The molecule has 5 rings (SSSR count). The molecule has 9 heteroatoms. The van der Waals surface area contributed by atoms with Crippen LogP contribution in [-0.4, -0.2) is 57.6 Å². The maximum absolute atomic E-state index is 13.4. The number of carbonyl (C=O) groups is 2. The van der Waals surface area contributed by atoms with E-state index in [-0.39, 0.29) is 17.9 Å². The zero-order valence-electron chi connectivity index (χ0n) is 21.8. The molecule has 1 saturated heterocycles. The van der Waals surface area contributed by atoms with Gasteiger partial charge < -0.3 is 14.5 Å². The molecule has 0 spiro atoms. The minimum absolute atomic E-state index is 0.0654. The third kappa shape index (κ3) is 5.17. The molecule has 1 amide bonds. The van der Waals surface area contributed by atoms with Crippen molar-refractivity contribution in [3.63, 3.8) is 0 Å². The quantitative estimate of drug-likeness (QED) is 0.294. The van der Waals surface area contributed by atoms with Gasteiger partial charge in [-0.05, 0) is 43.1 Å². The third-order valence-corrected chi connectivity index (χ3v) is 7.76. The van der Waals surface area contributed by atoms with E-state index in [2.05, 4.69) is 42.8 Å². The van der Waals surface area contributed by atoms with Crippen molar-refractivity contribution in [3.05, 3.63) is 58.9 Å². The molecule has 2 fully saturated rings. The van der Waals surface area contributed by atoms with E-state index in [1.54, 1.807) is 10.6 Å². The summed E-state index contributed by atoms with van der Waals surface area (Å²) in [6.07, 6.45) is 0.441. The molecular weight excluding hydrogens is 490 g/mol. The molecule has 2 aliphatic rings. The number of piperidine rings is 1. The largest absolute Gasteiger partial charge is 0.466 e. The minimum atomic E-state index is -0.147. The normalized spacial score (nSPS) is 21.2. The highest BCUT2D eigenvalue weighted by Crippen LogP contribution is 2.53. The second-order valence-electron chi connectivity index (χ2n) is 10.6. The summed E-state index contributed by atoms with van der Waals surface area (Å²) in [6, 6.07) is 13.9. The van der Waals surface area contributed by atoms with Crippen molar-refractivity contribution in [1.29, 1.82) is 0 Å². The van der Waals surface area contributed by atoms with Gasteiger partial charge >= 0.3 is 5.97 Å². The molecule has 1 aliphatic heterocycles. The van der Waals surface area contributed by atoms with Gasteiger partial charge in [0.25, 0.3) is 5.91 Å². The lowest BCUT2D eigenvalue weighted by Gasteiger charge is -2.33. The molecule has 2 unspecified atom stereocenters. The van der Waals surface area contributed by atoms with Crippen LogP contribution in [0.4, 0.5) is 5.82 Å². The Morgan fingerprint density at radius 1 is 1.14 bits per heavy atom. The molecule has 4 atom stereocenters. The van der Waals surface area contributed by atoms with Crippen LogP contribution in [0.5, 0.6) is 0 Å². The number of aromatic nitrogens is 3. The molecule has 1 aromatic carbocycles. The summed E-state index contributed by atoms with van der Waals surface area (Å²) < 4.78 is 6.83. The van der Waals surface area contributed by atoms with Crippen molar-refractivity contribution in [1.82, 2.24) is 19.5 Å². The Labute approximate surface area is 222 Å². The monoisotopic (exact) mass is 523 g/mol. The van der Waals surface area contributed by atoms with E-state index >= 15 is 0 Å². The molecule has 3 aromatic rings. The summed E-state index contributed by atoms with van der Waals surface area (Å²) in [5.41, 5.74) is 2.09. The number of nitrogens with zero attached hydrogens (tertiary/aromatic N) is 5. The number of anilines is 1. The summed E-state index contributed by atoms with van der Waals surface area (Å²) in [5, 5.41) is 5.08. The van der Waals surface area contributed by atoms with Crippen molar-refractivity contribution >= 4 is 34.9 Å². The zero-order valence-corrected chi connectivity index (χ0v) is 22.6. The van der Waals surface area contributed by atoms with Crippen LogP contribution in [0.15, 0.2) is 42.5 Å². The van der Waals surface area contributed by atoms with Crippen molar-refractivity contribution < 1.29 is 14.3 Å². The predicted octanol–water partition coefficient (Wildman–Crippen LogP) is 4.88. The standard InChI is InChI=1S/C28H34ClN5O3/c1-5-37-27(35)11-20-21-15-32(16-22(20)21)28(36)23-12-25-30-24(29)13-26(34(25)31-23)33(14-17(2)3)18(4)19-9-7-6-8-10-19/h6-10,12-13,17-18,20-22H,5,11,14-16H2,1-4H3/t18-,20?,21-,22?/m0/s1. The SMILES string of the molecule is CCOC(=O)CC1C2CN(C(=O)c3cc4nc(Cl)cc(N(CC(C)C)[C@@H](C)c5ccccc5)n4n3)C[C@@H]12. The first-order valence-electron chi connectivity index (χ1n) is 13.1. The van der Waals surface area contributed by atoms with Gasteiger partial charge in [0.1, 0.15) is 11.0 Å². The topological polar surface area (TPSA) is 80.0 Å². The first-order valence-corrected chi connectivity index (χ1v) is 13.5. The highest BCUT2D eigenvalue weighted by molar-refractivity contribution is 6.29. The summed E-state index contributed by atoms with van der Waals surface area (Å²) in [6.45, 7) is 10.8. The molecule has 1 aliphatic carbocycles. The maximum Gasteiger partial charge on any atom is 0.306 e. The number of halogens is 1. The van der Waals surface area contributed by atoms with Gasteiger partial charge in [0, 0.05) is 38.2 Å². The van der Waals surface area contributed by atoms with Crippen LogP contribution in [0.2, 0.25) is 5.15 Å². The number of benzene rings is 1. The molecule has 1 saturated carbocycles. The number of rotatable bonds is 9. The minimum Gasteiger partial charge on any atom is -0.466 e. The number of hydrogen-bond donors (Lipinski definition) is 0. The fraction of sp³-hybridized carbons (Fsp3) is 0.500. The van der Waals surface area contributed by atoms with Crippen molar-refractivity contribution in [2.45, 2.75) is 40.2 Å². The number of fused-ring (bicyclic) bond motifs is 2. The van der Waals surface area contributed by atoms with Crippen LogP contribution in [0, 0.1) is 23.7 Å². The van der Waals surface area contributed by atoms with Gasteiger partial charge in [-0.15, -0.1) is 0 Å². The smallest absolute Gasteiger partial charge is 0.306 e. The summed E-state index contributed by atoms with van der Waals surface area (Å²) in [4.78, 5) is 33.8. The van der Waals surface area contributed by atoms with Gasteiger partial charge in [0.15, 0.2) is 11.3 Å². The second kappa shape index (κ2) is 10.3. The average Bonchev–Trinajstić information content (AvgIpc) is 3.20. The van der Waals surface area contributed by atoms with Crippen LogP contribution in [-0.2, 0) is 9.53 Å². The first kappa shape index (κ1) is 25.5. The van der Waals surface area contributed by atoms with E-state index in [1.165, 1.54) is 5.56 Å². The molecule has 3 heterocycles. The van der Waals surface area contributed by atoms with Gasteiger partial charge in [-0.3, -0.25) is 9.59 Å². The zero-order chi connectivity index (χ0) is 26.3. The Morgan fingerprint density at radius 3 is 2.49 bits per heavy atom. The van der Waals surface area contributed by atoms with Gasteiger partial charge in [-0.25, -0.2) is 4.98 Å². The Morgan fingerprint density at radius 2 is 1.84 bits per heavy atom. The third-order valence-electron chi connectivity index (χ3n) is 7.57.